The van der Waals surface area contributed by atoms with Crippen molar-refractivity contribution < 1.29 is 22.7 Å². The Hall–Kier alpha value is -3.08. The Kier molecular flexibility index (Phi) is 7.16. The topological polar surface area (TPSA) is 73.1 Å². The molecule has 3 aromatic rings. The van der Waals surface area contributed by atoms with Gasteiger partial charge in [0.2, 0.25) is 11.1 Å². The van der Waals surface area contributed by atoms with Gasteiger partial charge in [0.05, 0.1) is 5.69 Å². The third kappa shape index (κ3) is 5.75. The second-order valence-electron chi connectivity index (χ2n) is 6.33. The normalized spacial score (nSPS) is 12.4. The van der Waals surface area contributed by atoms with Crippen LogP contribution in [0, 0.1) is 0 Å². The lowest BCUT2D eigenvalue weighted by molar-refractivity contribution is -0.274. The van der Waals surface area contributed by atoms with Crippen molar-refractivity contribution in [3.8, 4) is 11.4 Å². The summed E-state index contributed by atoms with van der Waals surface area (Å²) in [6.07, 6.45) is -4.77. The third-order valence-corrected chi connectivity index (χ3v) is 5.56. The SMILES string of the molecule is CCN(CC)C(=O)[C@H](Sc1nnnn1-c1ccc(OC(F)(F)F)cc1)c1ccccc1. The number of hydrogen-bond donors (Lipinski definition) is 0. The molecule has 2 aromatic carbocycles. The number of carbonyl (C=O) groups is 1. The molecule has 0 spiro atoms. The van der Waals surface area contributed by atoms with Crippen molar-refractivity contribution in [2.24, 2.45) is 0 Å². The second-order valence-corrected chi connectivity index (χ2v) is 7.41. The van der Waals surface area contributed by atoms with Gasteiger partial charge in [-0.05, 0) is 54.1 Å². The molecule has 0 aliphatic rings. The van der Waals surface area contributed by atoms with Crippen molar-refractivity contribution in [1.29, 1.82) is 0 Å². The molecule has 164 valence electrons. The van der Waals surface area contributed by atoms with E-state index in [1.165, 1.54) is 40.7 Å². The number of likely N-dealkylation sites (N-methyl/N-ethyl adjacent to an activating group) is 1. The number of aromatic nitrogens is 4. The van der Waals surface area contributed by atoms with Gasteiger partial charge in [0.15, 0.2) is 0 Å². The molecule has 0 aliphatic carbocycles. The molecule has 3 rings (SSSR count). The van der Waals surface area contributed by atoms with Crippen molar-refractivity contribution >= 4 is 17.7 Å². The molecular formula is C20H20F3N5O2S. The number of carbonyl (C=O) groups excluding carboxylic acids is 1. The Morgan fingerprint density at radius 2 is 1.74 bits per heavy atom. The number of benzene rings is 2. The summed E-state index contributed by atoms with van der Waals surface area (Å²) in [5.41, 5.74) is 1.23. The number of thioether (sulfide) groups is 1. The highest BCUT2D eigenvalue weighted by Crippen LogP contribution is 2.36. The van der Waals surface area contributed by atoms with E-state index in [0.29, 0.717) is 23.9 Å². The van der Waals surface area contributed by atoms with Crippen LogP contribution < -0.4 is 4.74 Å². The number of ether oxygens (including phenoxy) is 1. The Labute approximate surface area is 181 Å². The predicted molar refractivity (Wildman–Crippen MR) is 109 cm³/mol. The molecule has 1 amide bonds. The standard InChI is InChI=1S/C20H20F3N5O2S/c1-3-27(4-2)18(29)17(14-8-6-5-7-9-14)31-19-24-25-26-28(19)15-10-12-16(13-11-15)30-20(21,22)23/h5-13,17H,3-4H2,1-2H3/t17-/m1/s1. The maximum Gasteiger partial charge on any atom is 0.573 e. The van der Waals surface area contributed by atoms with Gasteiger partial charge in [-0.2, -0.15) is 4.68 Å². The van der Waals surface area contributed by atoms with Crippen LogP contribution in [-0.2, 0) is 4.79 Å². The number of hydrogen-bond acceptors (Lipinski definition) is 6. The molecule has 0 saturated carbocycles. The van der Waals surface area contributed by atoms with E-state index in [-0.39, 0.29) is 11.7 Å². The van der Waals surface area contributed by atoms with Crippen LogP contribution in [0.5, 0.6) is 5.75 Å². The lowest BCUT2D eigenvalue weighted by Crippen LogP contribution is -2.34. The number of nitrogens with zero attached hydrogens (tertiary/aromatic N) is 5. The van der Waals surface area contributed by atoms with Crippen LogP contribution >= 0.6 is 11.8 Å². The molecule has 1 heterocycles. The van der Waals surface area contributed by atoms with E-state index in [1.54, 1.807) is 4.90 Å². The second kappa shape index (κ2) is 9.82. The minimum atomic E-state index is -4.77. The lowest BCUT2D eigenvalue weighted by atomic mass is 10.1. The van der Waals surface area contributed by atoms with E-state index in [1.807, 2.05) is 44.2 Å². The highest BCUT2D eigenvalue weighted by Gasteiger charge is 2.31. The summed E-state index contributed by atoms with van der Waals surface area (Å²) in [4.78, 5) is 14.9. The predicted octanol–water partition coefficient (Wildman–Crippen LogP) is 4.26. The van der Waals surface area contributed by atoms with Gasteiger partial charge in [0.1, 0.15) is 11.0 Å². The summed E-state index contributed by atoms with van der Waals surface area (Å²) < 4.78 is 42.4. The fourth-order valence-corrected chi connectivity index (χ4v) is 3.98. The fourth-order valence-electron chi connectivity index (χ4n) is 2.90. The van der Waals surface area contributed by atoms with Gasteiger partial charge in [-0.15, -0.1) is 18.3 Å². The minimum absolute atomic E-state index is 0.0790. The van der Waals surface area contributed by atoms with E-state index < -0.39 is 11.6 Å². The van der Waals surface area contributed by atoms with Gasteiger partial charge in [0.25, 0.3) is 0 Å². The van der Waals surface area contributed by atoms with Crippen LogP contribution in [0.2, 0.25) is 0 Å². The number of halogens is 3. The molecule has 1 aromatic heterocycles. The van der Waals surface area contributed by atoms with Crippen LogP contribution in [0.1, 0.15) is 24.7 Å². The average Bonchev–Trinajstić information content (AvgIpc) is 3.21. The van der Waals surface area contributed by atoms with Gasteiger partial charge in [-0.25, -0.2) is 0 Å². The van der Waals surface area contributed by atoms with E-state index in [9.17, 15) is 18.0 Å². The van der Waals surface area contributed by atoms with E-state index in [0.717, 1.165) is 5.56 Å². The lowest BCUT2D eigenvalue weighted by Gasteiger charge is -2.24. The molecule has 31 heavy (non-hydrogen) atoms. The van der Waals surface area contributed by atoms with E-state index in [2.05, 4.69) is 20.3 Å². The zero-order valence-corrected chi connectivity index (χ0v) is 17.6. The Balaban J connectivity index is 1.89. The number of tetrazole rings is 1. The smallest absolute Gasteiger partial charge is 0.406 e. The molecule has 0 saturated heterocycles. The molecule has 0 unspecified atom stereocenters. The largest absolute Gasteiger partial charge is 0.573 e. The number of alkyl halides is 3. The summed E-state index contributed by atoms with van der Waals surface area (Å²) in [5.74, 6) is -0.429. The molecule has 11 heteroatoms. The van der Waals surface area contributed by atoms with Gasteiger partial charge < -0.3 is 9.64 Å². The first-order valence-corrected chi connectivity index (χ1v) is 10.3. The van der Waals surface area contributed by atoms with Crippen molar-refractivity contribution in [1.82, 2.24) is 25.1 Å². The zero-order chi connectivity index (χ0) is 22.4. The average molecular weight is 451 g/mol. The molecular weight excluding hydrogens is 431 g/mol. The summed E-state index contributed by atoms with van der Waals surface area (Å²) in [6.45, 7) is 4.93. The summed E-state index contributed by atoms with van der Waals surface area (Å²) >= 11 is 1.18. The van der Waals surface area contributed by atoms with Crippen LogP contribution in [-0.4, -0.2) is 50.5 Å². The van der Waals surface area contributed by atoms with Crippen LogP contribution in [0.4, 0.5) is 13.2 Å². The molecule has 0 N–H and O–H groups in total. The summed E-state index contributed by atoms with van der Waals surface area (Å²) in [6, 6.07) is 14.4. The molecule has 0 radical (unpaired) electrons. The fraction of sp³-hybridized carbons (Fsp3) is 0.300. The summed E-state index contributed by atoms with van der Waals surface area (Å²) in [7, 11) is 0. The first-order valence-electron chi connectivity index (χ1n) is 9.47. The van der Waals surface area contributed by atoms with Gasteiger partial charge >= 0.3 is 6.36 Å². The van der Waals surface area contributed by atoms with Gasteiger partial charge in [0, 0.05) is 13.1 Å². The molecule has 0 aliphatic heterocycles. The number of rotatable bonds is 8. The minimum Gasteiger partial charge on any atom is -0.406 e. The Morgan fingerprint density at radius 1 is 1.10 bits per heavy atom. The number of amides is 1. The maximum atomic E-state index is 13.2. The molecule has 7 nitrogen and oxygen atoms in total. The maximum absolute atomic E-state index is 13.2. The Bertz CT molecular complexity index is 992. The van der Waals surface area contributed by atoms with Crippen molar-refractivity contribution in [3.05, 3.63) is 60.2 Å². The Morgan fingerprint density at radius 3 is 2.32 bits per heavy atom. The molecule has 1 atom stereocenters. The van der Waals surface area contributed by atoms with Crippen LogP contribution in [0.25, 0.3) is 5.69 Å². The molecule has 0 fully saturated rings. The van der Waals surface area contributed by atoms with Crippen molar-refractivity contribution in [2.45, 2.75) is 30.6 Å². The highest BCUT2D eigenvalue weighted by atomic mass is 32.2. The van der Waals surface area contributed by atoms with Crippen LogP contribution in [0.15, 0.2) is 59.8 Å². The van der Waals surface area contributed by atoms with Crippen LogP contribution in [0.3, 0.4) is 0 Å². The van der Waals surface area contributed by atoms with Gasteiger partial charge in [-0.1, -0.05) is 42.1 Å². The van der Waals surface area contributed by atoms with E-state index >= 15 is 0 Å². The third-order valence-electron chi connectivity index (χ3n) is 4.38. The van der Waals surface area contributed by atoms with Crippen molar-refractivity contribution in [3.63, 3.8) is 0 Å². The zero-order valence-electron chi connectivity index (χ0n) is 16.8. The monoisotopic (exact) mass is 451 g/mol. The quantitative estimate of drug-likeness (QED) is 0.477. The summed E-state index contributed by atoms with van der Waals surface area (Å²) in [5, 5.41) is 11.4. The first-order chi connectivity index (χ1) is 14.8. The molecule has 0 bridgehead atoms. The van der Waals surface area contributed by atoms with E-state index in [4.69, 9.17) is 0 Å². The highest BCUT2D eigenvalue weighted by molar-refractivity contribution is 8.00. The van der Waals surface area contributed by atoms with Crippen molar-refractivity contribution in [2.75, 3.05) is 13.1 Å². The first kappa shape index (κ1) is 22.6. The van der Waals surface area contributed by atoms with Gasteiger partial charge in [-0.3, -0.25) is 4.79 Å².